The Morgan fingerprint density at radius 3 is 2.90 bits per heavy atom. The normalized spacial score (nSPS) is 14.2. The Balaban J connectivity index is 1.60. The van der Waals surface area contributed by atoms with E-state index in [1.807, 2.05) is 13.0 Å². The number of fused-ring (bicyclic) bond motifs is 1. The van der Waals surface area contributed by atoms with Gasteiger partial charge >= 0.3 is 0 Å². The lowest BCUT2D eigenvalue weighted by molar-refractivity contribution is 0.300. The molecule has 8 nitrogen and oxygen atoms in total. The minimum Gasteiger partial charge on any atom is -0.492 e. The van der Waals surface area contributed by atoms with Crippen molar-refractivity contribution in [1.82, 2.24) is 15.0 Å². The average Bonchev–Trinajstić information content (AvgIpc) is 3.56. The molecule has 1 saturated carbocycles. The van der Waals surface area contributed by atoms with Gasteiger partial charge in [-0.25, -0.2) is 4.98 Å². The Morgan fingerprint density at radius 1 is 1.40 bits per heavy atom. The largest absolute Gasteiger partial charge is 0.492 e. The highest BCUT2D eigenvalue weighted by Crippen LogP contribution is 2.33. The van der Waals surface area contributed by atoms with Crippen molar-refractivity contribution in [2.75, 3.05) is 19.0 Å². The van der Waals surface area contributed by atoms with E-state index in [0.29, 0.717) is 34.4 Å². The van der Waals surface area contributed by atoms with Gasteiger partial charge in [-0.1, -0.05) is 11.6 Å². The van der Waals surface area contributed by atoms with Crippen molar-refractivity contribution in [3.8, 4) is 17.7 Å². The maximum absolute atomic E-state index is 12.7. The van der Waals surface area contributed by atoms with Crippen LogP contribution in [0.3, 0.4) is 0 Å². The number of hydrogen-bond acceptors (Lipinski definition) is 7. The van der Waals surface area contributed by atoms with Crippen LogP contribution in [0.2, 0.25) is 5.02 Å². The lowest BCUT2D eigenvalue weighted by Gasteiger charge is -2.15. The molecule has 2 aromatic heterocycles. The van der Waals surface area contributed by atoms with Gasteiger partial charge in [0.1, 0.15) is 17.4 Å². The van der Waals surface area contributed by atoms with Crippen molar-refractivity contribution in [2.45, 2.75) is 25.8 Å². The summed E-state index contributed by atoms with van der Waals surface area (Å²) in [5.41, 5.74) is 1.15. The molecule has 1 unspecified atom stereocenters. The minimum atomic E-state index is -0.402. The lowest BCUT2D eigenvalue weighted by atomic mass is 10.1. The van der Waals surface area contributed by atoms with E-state index in [9.17, 15) is 4.79 Å². The van der Waals surface area contributed by atoms with Gasteiger partial charge in [0, 0.05) is 17.0 Å². The van der Waals surface area contributed by atoms with Gasteiger partial charge < -0.3 is 19.8 Å². The molecule has 2 N–H and O–H groups in total. The third-order valence-electron chi connectivity index (χ3n) is 4.98. The fourth-order valence-electron chi connectivity index (χ4n) is 3.09. The predicted molar refractivity (Wildman–Crippen MR) is 113 cm³/mol. The number of aromatic nitrogens is 3. The van der Waals surface area contributed by atoms with E-state index in [1.54, 1.807) is 18.2 Å². The third kappa shape index (κ3) is 4.16. The first kappa shape index (κ1) is 20.0. The summed E-state index contributed by atoms with van der Waals surface area (Å²) in [4.78, 5) is 23.9. The number of methoxy groups -OCH3 is 1. The van der Waals surface area contributed by atoms with E-state index >= 15 is 0 Å². The molecule has 0 spiro atoms. The molecule has 0 amide bonds. The molecular formula is C21H20ClN5O3. The van der Waals surface area contributed by atoms with Crippen molar-refractivity contribution in [1.29, 1.82) is 5.26 Å². The zero-order valence-corrected chi connectivity index (χ0v) is 17.3. The van der Waals surface area contributed by atoms with Crippen molar-refractivity contribution < 1.29 is 9.47 Å². The Labute approximate surface area is 177 Å². The van der Waals surface area contributed by atoms with Crippen molar-refractivity contribution in [3.05, 3.63) is 50.9 Å². The molecule has 1 aliphatic carbocycles. The highest BCUT2D eigenvalue weighted by molar-refractivity contribution is 6.32. The number of benzene rings is 1. The molecule has 30 heavy (non-hydrogen) atoms. The molecule has 0 bridgehead atoms. The number of aromatic amines is 1. The minimum absolute atomic E-state index is 0.167. The van der Waals surface area contributed by atoms with E-state index < -0.39 is 6.04 Å². The molecule has 1 aromatic carbocycles. The van der Waals surface area contributed by atoms with E-state index in [4.69, 9.17) is 26.3 Å². The van der Waals surface area contributed by atoms with Crippen molar-refractivity contribution in [3.63, 3.8) is 0 Å². The second-order valence-electron chi connectivity index (χ2n) is 7.27. The Hall–Kier alpha value is -3.31. The van der Waals surface area contributed by atoms with Crippen LogP contribution < -0.4 is 20.3 Å². The molecule has 1 aliphatic rings. The summed E-state index contributed by atoms with van der Waals surface area (Å²) in [6, 6.07) is 6.89. The summed E-state index contributed by atoms with van der Waals surface area (Å²) < 4.78 is 10.9. The highest BCUT2D eigenvalue weighted by atomic mass is 35.5. The standard InChI is InChI=1S/C21H20ClN5O3/c1-11(25-21-24-9-14(8-23)20(27-21)29-2)15-5-13-6-16(22)18(30-10-12-3-4-12)7-17(13)26-19(15)28/h5-7,9,11-12H,3-4,10H2,1-2H3,(H,26,28)(H,24,25,27). The molecule has 4 rings (SSSR count). The van der Waals surface area contributed by atoms with Gasteiger partial charge in [-0.15, -0.1) is 0 Å². The fourth-order valence-corrected chi connectivity index (χ4v) is 3.31. The number of ether oxygens (including phenoxy) is 2. The second-order valence-corrected chi connectivity index (χ2v) is 7.68. The van der Waals surface area contributed by atoms with Gasteiger partial charge in [0.05, 0.1) is 36.5 Å². The summed E-state index contributed by atoms with van der Waals surface area (Å²) in [6.07, 6.45) is 3.74. The first-order valence-corrected chi connectivity index (χ1v) is 9.93. The van der Waals surface area contributed by atoms with Crippen LogP contribution in [0.25, 0.3) is 10.9 Å². The SMILES string of the molecule is COc1nc(NC(C)c2cc3cc(Cl)c(OCC4CC4)cc3[nH]c2=O)ncc1C#N. The smallest absolute Gasteiger partial charge is 0.253 e. The summed E-state index contributed by atoms with van der Waals surface area (Å²) in [5, 5.41) is 13.4. The van der Waals surface area contributed by atoms with Gasteiger partial charge in [0.15, 0.2) is 0 Å². The van der Waals surface area contributed by atoms with Gasteiger partial charge in [0.25, 0.3) is 5.56 Å². The molecule has 154 valence electrons. The van der Waals surface area contributed by atoms with E-state index in [1.165, 1.54) is 26.1 Å². The number of hydrogen-bond donors (Lipinski definition) is 2. The first-order chi connectivity index (χ1) is 14.5. The van der Waals surface area contributed by atoms with Crippen LogP contribution in [0.4, 0.5) is 5.95 Å². The van der Waals surface area contributed by atoms with E-state index in [2.05, 4.69) is 20.3 Å². The van der Waals surface area contributed by atoms with Crippen molar-refractivity contribution >= 4 is 28.5 Å². The van der Waals surface area contributed by atoms with E-state index in [0.717, 1.165) is 5.39 Å². The first-order valence-electron chi connectivity index (χ1n) is 9.55. The second kappa shape index (κ2) is 8.20. The number of nitriles is 1. The zero-order valence-electron chi connectivity index (χ0n) is 16.5. The summed E-state index contributed by atoms with van der Waals surface area (Å²) in [7, 11) is 1.43. The van der Waals surface area contributed by atoms with Gasteiger partial charge in [-0.05, 0) is 37.8 Å². The Morgan fingerprint density at radius 2 is 2.20 bits per heavy atom. The van der Waals surface area contributed by atoms with Crippen LogP contribution in [-0.4, -0.2) is 28.7 Å². The lowest BCUT2D eigenvalue weighted by Crippen LogP contribution is -2.20. The van der Waals surface area contributed by atoms with Crippen LogP contribution in [0, 0.1) is 17.2 Å². The molecule has 1 atom stereocenters. The highest BCUT2D eigenvalue weighted by Gasteiger charge is 2.22. The Bertz CT molecular complexity index is 1200. The van der Waals surface area contributed by atoms with Crippen molar-refractivity contribution in [2.24, 2.45) is 5.92 Å². The number of anilines is 1. The molecule has 1 fully saturated rings. The van der Waals surface area contributed by atoms with E-state index in [-0.39, 0.29) is 23.0 Å². The van der Waals surface area contributed by atoms with Crippen LogP contribution in [0.5, 0.6) is 11.6 Å². The maximum Gasteiger partial charge on any atom is 0.253 e. The summed E-state index contributed by atoms with van der Waals surface area (Å²) >= 11 is 6.38. The molecule has 9 heteroatoms. The molecule has 2 heterocycles. The number of halogens is 1. The topological polar surface area (TPSA) is 113 Å². The number of pyridine rings is 1. The summed E-state index contributed by atoms with van der Waals surface area (Å²) in [6.45, 7) is 2.46. The number of nitrogens with one attached hydrogen (secondary N) is 2. The quantitative estimate of drug-likeness (QED) is 0.591. The molecule has 0 radical (unpaired) electrons. The van der Waals surface area contributed by atoms with Crippen LogP contribution in [-0.2, 0) is 0 Å². The van der Waals surface area contributed by atoms with Gasteiger partial charge in [0.2, 0.25) is 11.8 Å². The molecular weight excluding hydrogens is 406 g/mol. The zero-order chi connectivity index (χ0) is 21.3. The summed E-state index contributed by atoms with van der Waals surface area (Å²) in [5.74, 6) is 1.59. The number of H-pyrrole nitrogens is 1. The monoisotopic (exact) mass is 425 g/mol. The maximum atomic E-state index is 12.7. The van der Waals surface area contributed by atoms with Crippen LogP contribution in [0.15, 0.2) is 29.2 Å². The third-order valence-corrected chi connectivity index (χ3v) is 5.27. The number of rotatable bonds is 7. The predicted octanol–water partition coefficient (Wildman–Crippen LogP) is 3.81. The average molecular weight is 426 g/mol. The van der Waals surface area contributed by atoms with Gasteiger partial charge in [-0.3, -0.25) is 4.79 Å². The van der Waals surface area contributed by atoms with Gasteiger partial charge in [-0.2, -0.15) is 10.2 Å². The fraction of sp³-hybridized carbons (Fsp3) is 0.333. The molecule has 3 aromatic rings. The molecule has 0 saturated heterocycles. The van der Waals surface area contributed by atoms with Crippen LogP contribution in [0.1, 0.15) is 36.9 Å². The number of nitrogens with zero attached hydrogens (tertiary/aromatic N) is 3. The Kier molecular flexibility index (Phi) is 5.46. The molecule has 0 aliphatic heterocycles. The van der Waals surface area contributed by atoms with Crippen LogP contribution >= 0.6 is 11.6 Å².